The Hall–Kier alpha value is -1.65. The molecule has 22 heavy (non-hydrogen) atoms. The normalized spacial score (nSPS) is 13.1. The number of aryl methyl sites for hydroxylation is 3. The Balaban J connectivity index is 2.21. The zero-order valence-electron chi connectivity index (χ0n) is 13.6. The first-order chi connectivity index (χ1) is 10.3. The summed E-state index contributed by atoms with van der Waals surface area (Å²) >= 11 is 0. The molecule has 0 spiro atoms. The van der Waals surface area contributed by atoms with E-state index >= 15 is 0 Å². The summed E-state index contributed by atoms with van der Waals surface area (Å²) in [6.07, 6.45) is 0.896. The summed E-state index contributed by atoms with van der Waals surface area (Å²) in [5, 5.41) is 0. The highest BCUT2D eigenvalue weighted by Gasteiger charge is 2.18. The molecule has 2 aromatic carbocycles. The monoisotopic (exact) mass is 317 g/mol. The van der Waals surface area contributed by atoms with Crippen molar-refractivity contribution in [3.05, 3.63) is 64.7 Å². The maximum Gasteiger partial charge on any atom is 0.241 e. The highest BCUT2D eigenvalue weighted by molar-refractivity contribution is 7.89. The molecular formula is C18H23NO2S. The molecule has 2 aromatic rings. The van der Waals surface area contributed by atoms with Gasteiger partial charge in [-0.25, -0.2) is 13.1 Å². The van der Waals surface area contributed by atoms with Crippen molar-refractivity contribution in [2.45, 2.75) is 45.1 Å². The van der Waals surface area contributed by atoms with Crippen LogP contribution in [0.15, 0.2) is 47.4 Å². The Morgan fingerprint density at radius 1 is 1.00 bits per heavy atom. The number of sulfonamides is 1. The molecule has 0 aliphatic heterocycles. The van der Waals surface area contributed by atoms with Crippen LogP contribution in [0.2, 0.25) is 0 Å². The third-order valence-corrected chi connectivity index (χ3v) is 5.56. The van der Waals surface area contributed by atoms with E-state index in [1.54, 1.807) is 12.1 Å². The van der Waals surface area contributed by atoms with Gasteiger partial charge in [-0.15, -0.1) is 0 Å². The topological polar surface area (TPSA) is 46.2 Å². The molecule has 1 atom stereocenters. The predicted molar refractivity (Wildman–Crippen MR) is 90.5 cm³/mol. The first kappa shape index (κ1) is 16.7. The highest BCUT2D eigenvalue weighted by atomic mass is 32.2. The maximum absolute atomic E-state index is 12.5. The zero-order chi connectivity index (χ0) is 16.3. The van der Waals surface area contributed by atoms with Crippen LogP contribution in [0.3, 0.4) is 0 Å². The fourth-order valence-corrected chi connectivity index (χ4v) is 3.54. The second-order valence-electron chi connectivity index (χ2n) is 5.68. The van der Waals surface area contributed by atoms with Crippen molar-refractivity contribution in [3.63, 3.8) is 0 Å². The molecule has 0 saturated carbocycles. The predicted octanol–water partition coefficient (Wildman–Crippen LogP) is 3.91. The van der Waals surface area contributed by atoms with Crippen molar-refractivity contribution in [1.29, 1.82) is 0 Å². The smallest absolute Gasteiger partial charge is 0.207 e. The molecule has 0 aliphatic carbocycles. The Morgan fingerprint density at radius 3 is 2.18 bits per heavy atom. The third kappa shape index (κ3) is 3.76. The van der Waals surface area contributed by atoms with Gasteiger partial charge in [-0.2, -0.15) is 0 Å². The van der Waals surface area contributed by atoms with E-state index in [9.17, 15) is 8.42 Å². The minimum atomic E-state index is -3.51. The van der Waals surface area contributed by atoms with Crippen molar-refractivity contribution in [3.8, 4) is 0 Å². The number of hydrogen-bond acceptors (Lipinski definition) is 2. The van der Waals surface area contributed by atoms with E-state index in [1.165, 1.54) is 5.56 Å². The van der Waals surface area contributed by atoms with Crippen LogP contribution in [0, 0.1) is 13.8 Å². The van der Waals surface area contributed by atoms with Crippen LogP contribution >= 0.6 is 0 Å². The van der Waals surface area contributed by atoms with Gasteiger partial charge in [0, 0.05) is 6.04 Å². The molecule has 0 aliphatic rings. The summed E-state index contributed by atoms with van der Waals surface area (Å²) in [7, 11) is -3.51. The second kappa shape index (κ2) is 6.63. The molecule has 4 heteroatoms. The van der Waals surface area contributed by atoms with Gasteiger partial charge in [0.25, 0.3) is 0 Å². The van der Waals surface area contributed by atoms with E-state index in [1.807, 2.05) is 58.0 Å². The number of rotatable bonds is 5. The average molecular weight is 317 g/mol. The fraction of sp³-hybridized carbons (Fsp3) is 0.333. The van der Waals surface area contributed by atoms with Crippen LogP contribution in [0.5, 0.6) is 0 Å². The molecule has 0 aromatic heterocycles. The number of benzene rings is 2. The molecular weight excluding hydrogens is 294 g/mol. The van der Waals surface area contributed by atoms with Gasteiger partial charge in [0.15, 0.2) is 0 Å². The second-order valence-corrected chi connectivity index (χ2v) is 7.40. The Bertz CT molecular complexity index is 749. The van der Waals surface area contributed by atoms with Crippen molar-refractivity contribution < 1.29 is 8.42 Å². The lowest BCUT2D eigenvalue weighted by Gasteiger charge is -2.16. The summed E-state index contributed by atoms with van der Waals surface area (Å²) in [5.74, 6) is 0. The lowest BCUT2D eigenvalue weighted by Crippen LogP contribution is -2.27. The number of hydrogen-bond donors (Lipinski definition) is 1. The van der Waals surface area contributed by atoms with E-state index in [0.717, 1.165) is 23.1 Å². The van der Waals surface area contributed by atoms with E-state index in [-0.39, 0.29) is 6.04 Å². The van der Waals surface area contributed by atoms with Crippen molar-refractivity contribution in [2.24, 2.45) is 0 Å². The summed E-state index contributed by atoms with van der Waals surface area (Å²) in [4.78, 5) is 0.306. The first-order valence-electron chi connectivity index (χ1n) is 7.52. The highest BCUT2D eigenvalue weighted by Crippen LogP contribution is 2.20. The van der Waals surface area contributed by atoms with Crippen LogP contribution in [-0.4, -0.2) is 8.42 Å². The van der Waals surface area contributed by atoms with Gasteiger partial charge in [-0.1, -0.05) is 37.3 Å². The average Bonchev–Trinajstić information content (AvgIpc) is 2.49. The van der Waals surface area contributed by atoms with Crippen molar-refractivity contribution >= 4 is 10.0 Å². The van der Waals surface area contributed by atoms with Crippen LogP contribution in [0.25, 0.3) is 0 Å². The van der Waals surface area contributed by atoms with Crippen molar-refractivity contribution in [2.75, 3.05) is 0 Å². The molecule has 1 unspecified atom stereocenters. The lowest BCUT2D eigenvalue weighted by molar-refractivity contribution is 0.567. The minimum Gasteiger partial charge on any atom is -0.207 e. The summed E-state index contributed by atoms with van der Waals surface area (Å²) in [6.45, 7) is 7.98. The molecule has 118 valence electrons. The van der Waals surface area contributed by atoms with Gasteiger partial charge in [0.05, 0.1) is 4.90 Å². The van der Waals surface area contributed by atoms with E-state index in [2.05, 4.69) is 4.72 Å². The molecule has 0 heterocycles. The van der Waals surface area contributed by atoms with Gasteiger partial charge in [0.1, 0.15) is 0 Å². The molecule has 0 bridgehead atoms. The molecule has 3 nitrogen and oxygen atoms in total. The first-order valence-corrected chi connectivity index (χ1v) is 9.00. The van der Waals surface area contributed by atoms with Gasteiger partial charge in [-0.3, -0.25) is 0 Å². The lowest BCUT2D eigenvalue weighted by atomic mass is 10.0. The van der Waals surface area contributed by atoms with Gasteiger partial charge in [-0.05, 0) is 61.6 Å². The minimum absolute atomic E-state index is 0.268. The van der Waals surface area contributed by atoms with Crippen molar-refractivity contribution in [1.82, 2.24) is 4.72 Å². The Labute approximate surface area is 133 Å². The molecule has 0 fully saturated rings. The fourth-order valence-electron chi connectivity index (χ4n) is 2.31. The van der Waals surface area contributed by atoms with Crippen LogP contribution in [-0.2, 0) is 16.4 Å². The van der Waals surface area contributed by atoms with E-state index in [0.29, 0.717) is 4.90 Å². The Kier molecular flexibility index (Phi) is 5.04. The van der Waals surface area contributed by atoms with Gasteiger partial charge in [0.2, 0.25) is 10.0 Å². The van der Waals surface area contributed by atoms with E-state index < -0.39 is 10.0 Å². The maximum atomic E-state index is 12.5. The standard InChI is InChI=1S/C18H23NO2S/c1-5-16-7-10-18(11-8-16)22(20,21)19-15(4)17-9-6-13(2)14(3)12-17/h6-12,15,19H,5H2,1-4H3. The summed E-state index contributed by atoms with van der Waals surface area (Å²) in [6, 6.07) is 12.8. The molecule has 1 N–H and O–H groups in total. The molecule has 2 rings (SSSR count). The quantitative estimate of drug-likeness (QED) is 0.909. The zero-order valence-corrected chi connectivity index (χ0v) is 14.4. The molecule has 0 saturated heterocycles. The molecule has 0 amide bonds. The summed E-state index contributed by atoms with van der Waals surface area (Å²) in [5.41, 5.74) is 4.46. The van der Waals surface area contributed by atoms with Gasteiger partial charge < -0.3 is 0 Å². The largest absolute Gasteiger partial charge is 0.241 e. The molecule has 0 radical (unpaired) electrons. The van der Waals surface area contributed by atoms with Crippen LogP contribution in [0.1, 0.15) is 42.1 Å². The summed E-state index contributed by atoms with van der Waals surface area (Å²) < 4.78 is 27.7. The Morgan fingerprint density at radius 2 is 1.64 bits per heavy atom. The van der Waals surface area contributed by atoms with Crippen LogP contribution in [0.4, 0.5) is 0 Å². The van der Waals surface area contributed by atoms with Crippen LogP contribution < -0.4 is 4.72 Å². The SMILES string of the molecule is CCc1ccc(S(=O)(=O)NC(C)c2ccc(C)c(C)c2)cc1. The van der Waals surface area contributed by atoms with E-state index in [4.69, 9.17) is 0 Å². The third-order valence-electron chi connectivity index (χ3n) is 4.00. The number of nitrogens with one attached hydrogen (secondary N) is 1. The van der Waals surface area contributed by atoms with Gasteiger partial charge >= 0.3 is 0 Å².